The van der Waals surface area contributed by atoms with Gasteiger partial charge in [0.05, 0.1) is 19.2 Å². The average Bonchev–Trinajstić information content (AvgIpc) is 2.49. The van der Waals surface area contributed by atoms with Crippen LogP contribution < -0.4 is 10.3 Å². The fraction of sp³-hybridized carbons (Fsp3) is 0.412. The first-order valence-electron chi connectivity index (χ1n) is 7.37. The maximum atomic E-state index is 12.8. The summed E-state index contributed by atoms with van der Waals surface area (Å²) in [6, 6.07) is 7.41. The van der Waals surface area contributed by atoms with Crippen LogP contribution in [0.3, 0.4) is 0 Å². The highest BCUT2D eigenvalue weighted by atomic mass is 16.5. The summed E-state index contributed by atoms with van der Waals surface area (Å²) in [7, 11) is 1.46. The molecule has 0 fully saturated rings. The molecule has 2 rings (SSSR count). The summed E-state index contributed by atoms with van der Waals surface area (Å²) in [5.74, 6) is -0.101. The highest BCUT2D eigenvalue weighted by Crippen LogP contribution is 2.28. The zero-order valence-corrected chi connectivity index (χ0v) is 13.4. The largest absolute Gasteiger partial charge is 0.495 e. The molecule has 0 amide bonds. The van der Waals surface area contributed by atoms with E-state index in [4.69, 9.17) is 9.47 Å². The summed E-state index contributed by atoms with van der Waals surface area (Å²) < 4.78 is 12.0. The Kier molecular flexibility index (Phi) is 4.85. The van der Waals surface area contributed by atoms with Crippen LogP contribution in [0.1, 0.15) is 31.1 Å². The van der Waals surface area contributed by atoms with Gasteiger partial charge in [0.1, 0.15) is 5.75 Å². The molecule has 22 heavy (non-hydrogen) atoms. The molecule has 0 atom stereocenters. The van der Waals surface area contributed by atoms with Crippen molar-refractivity contribution in [1.29, 1.82) is 0 Å². The van der Waals surface area contributed by atoms with Gasteiger partial charge in [-0.1, -0.05) is 26.0 Å². The number of rotatable bonds is 5. The number of methoxy groups -OCH3 is 1. The summed E-state index contributed by atoms with van der Waals surface area (Å²) >= 11 is 0. The zero-order valence-electron chi connectivity index (χ0n) is 13.4. The minimum absolute atomic E-state index is 0.0382. The molecule has 5 nitrogen and oxygen atoms in total. The van der Waals surface area contributed by atoms with Crippen molar-refractivity contribution in [3.8, 4) is 5.75 Å². The van der Waals surface area contributed by atoms with Gasteiger partial charge in [-0.2, -0.15) is 0 Å². The van der Waals surface area contributed by atoms with E-state index in [2.05, 4.69) is 0 Å². The summed E-state index contributed by atoms with van der Waals surface area (Å²) in [6.45, 7) is 6.48. The Morgan fingerprint density at radius 2 is 1.95 bits per heavy atom. The van der Waals surface area contributed by atoms with Gasteiger partial charge < -0.3 is 14.0 Å². The fourth-order valence-corrected chi connectivity index (χ4v) is 2.52. The third-order valence-corrected chi connectivity index (χ3v) is 3.36. The molecular weight excluding hydrogens is 282 g/mol. The van der Waals surface area contributed by atoms with Gasteiger partial charge in [0, 0.05) is 11.9 Å². The summed E-state index contributed by atoms with van der Waals surface area (Å²) in [4.78, 5) is 25.0. The number of carbonyl (C=O) groups is 1. The predicted molar refractivity (Wildman–Crippen MR) is 85.6 cm³/mol. The minimum Gasteiger partial charge on any atom is -0.495 e. The molecule has 1 aromatic carbocycles. The number of hydrogen-bond acceptors (Lipinski definition) is 4. The van der Waals surface area contributed by atoms with Crippen molar-refractivity contribution in [3.63, 3.8) is 0 Å². The van der Waals surface area contributed by atoms with Crippen molar-refractivity contribution in [3.05, 3.63) is 40.2 Å². The highest BCUT2D eigenvalue weighted by Gasteiger charge is 2.24. The van der Waals surface area contributed by atoms with Gasteiger partial charge in [-0.05, 0) is 25.0 Å². The van der Waals surface area contributed by atoms with E-state index in [0.717, 1.165) is 10.9 Å². The lowest BCUT2D eigenvalue weighted by Gasteiger charge is -2.17. The number of carbonyl (C=O) groups excluding carboxylic acids is 1. The van der Waals surface area contributed by atoms with Crippen molar-refractivity contribution in [2.75, 3.05) is 13.7 Å². The third-order valence-electron chi connectivity index (χ3n) is 3.36. The van der Waals surface area contributed by atoms with Gasteiger partial charge in [0.15, 0.2) is 5.56 Å². The SMILES string of the molecule is CCOC(=O)c1c(OC)c2ccccc2n(CC(C)C)c1=O. The number of pyridine rings is 1. The molecule has 0 spiro atoms. The van der Waals surface area contributed by atoms with Crippen LogP contribution in [0.5, 0.6) is 5.75 Å². The van der Waals surface area contributed by atoms with Crippen molar-refractivity contribution >= 4 is 16.9 Å². The number of para-hydroxylation sites is 1. The molecule has 118 valence electrons. The van der Waals surface area contributed by atoms with E-state index in [-0.39, 0.29) is 29.4 Å². The van der Waals surface area contributed by atoms with Gasteiger partial charge in [0.25, 0.3) is 5.56 Å². The normalized spacial score (nSPS) is 11.0. The Hall–Kier alpha value is -2.30. The van der Waals surface area contributed by atoms with Crippen LogP contribution in [-0.4, -0.2) is 24.3 Å². The van der Waals surface area contributed by atoms with Crippen molar-refractivity contribution in [2.45, 2.75) is 27.3 Å². The molecule has 0 unspecified atom stereocenters. The van der Waals surface area contributed by atoms with Crippen LogP contribution in [0.2, 0.25) is 0 Å². The smallest absolute Gasteiger partial charge is 0.347 e. The van der Waals surface area contributed by atoms with E-state index in [1.165, 1.54) is 7.11 Å². The Balaban J connectivity index is 2.85. The van der Waals surface area contributed by atoms with Gasteiger partial charge in [0.2, 0.25) is 0 Å². The number of fused-ring (bicyclic) bond motifs is 1. The molecule has 0 aliphatic rings. The lowest BCUT2D eigenvalue weighted by Crippen LogP contribution is -2.30. The summed E-state index contributed by atoms with van der Waals surface area (Å²) in [5, 5.41) is 0.730. The number of esters is 1. The van der Waals surface area contributed by atoms with Crippen LogP contribution in [0.25, 0.3) is 10.9 Å². The average molecular weight is 303 g/mol. The Bertz CT molecular complexity index is 746. The van der Waals surface area contributed by atoms with Crippen LogP contribution in [-0.2, 0) is 11.3 Å². The summed E-state index contributed by atoms with van der Waals surface area (Å²) in [6.07, 6.45) is 0. The van der Waals surface area contributed by atoms with E-state index in [1.54, 1.807) is 11.5 Å². The first-order valence-corrected chi connectivity index (χ1v) is 7.37. The van der Waals surface area contributed by atoms with Crippen molar-refractivity contribution < 1.29 is 14.3 Å². The van der Waals surface area contributed by atoms with E-state index in [1.807, 2.05) is 38.1 Å². The van der Waals surface area contributed by atoms with Crippen LogP contribution in [0.4, 0.5) is 0 Å². The molecule has 0 aliphatic heterocycles. The number of benzene rings is 1. The zero-order chi connectivity index (χ0) is 16.3. The van der Waals surface area contributed by atoms with Gasteiger partial charge in [-0.25, -0.2) is 4.79 Å². The molecule has 1 aromatic heterocycles. The van der Waals surface area contributed by atoms with E-state index in [9.17, 15) is 9.59 Å². The van der Waals surface area contributed by atoms with Gasteiger partial charge in [-0.15, -0.1) is 0 Å². The molecule has 0 N–H and O–H groups in total. The van der Waals surface area contributed by atoms with Crippen molar-refractivity contribution in [2.24, 2.45) is 5.92 Å². The second kappa shape index (κ2) is 6.64. The second-order valence-electron chi connectivity index (χ2n) is 5.46. The predicted octanol–water partition coefficient (Wildman–Crippen LogP) is 2.84. The monoisotopic (exact) mass is 303 g/mol. The molecule has 0 bridgehead atoms. The second-order valence-corrected chi connectivity index (χ2v) is 5.46. The third kappa shape index (κ3) is 2.84. The number of nitrogens with zero attached hydrogens (tertiary/aromatic N) is 1. The maximum absolute atomic E-state index is 12.8. The summed E-state index contributed by atoms with van der Waals surface area (Å²) in [5.41, 5.74) is 0.345. The Morgan fingerprint density at radius 3 is 2.55 bits per heavy atom. The standard InChI is InChI=1S/C17H21NO4/c1-5-22-17(20)14-15(21-4)12-8-6-7-9-13(12)18(16(14)19)10-11(2)3/h6-9,11H,5,10H2,1-4H3. The van der Waals surface area contributed by atoms with Crippen LogP contribution in [0, 0.1) is 5.92 Å². The maximum Gasteiger partial charge on any atom is 0.347 e. The van der Waals surface area contributed by atoms with E-state index >= 15 is 0 Å². The Labute approximate surface area is 129 Å². The van der Waals surface area contributed by atoms with Crippen LogP contribution >= 0.6 is 0 Å². The lowest BCUT2D eigenvalue weighted by molar-refractivity contribution is 0.0520. The molecule has 0 radical (unpaired) electrons. The fourth-order valence-electron chi connectivity index (χ4n) is 2.52. The molecule has 0 aliphatic carbocycles. The number of ether oxygens (including phenoxy) is 2. The van der Waals surface area contributed by atoms with Gasteiger partial charge >= 0.3 is 5.97 Å². The first kappa shape index (κ1) is 16.1. The molecular formula is C17H21NO4. The molecule has 0 saturated heterocycles. The Morgan fingerprint density at radius 1 is 1.27 bits per heavy atom. The van der Waals surface area contributed by atoms with Gasteiger partial charge in [-0.3, -0.25) is 4.79 Å². The lowest BCUT2D eigenvalue weighted by atomic mass is 10.1. The number of aromatic nitrogens is 1. The molecule has 0 saturated carbocycles. The molecule has 2 aromatic rings. The topological polar surface area (TPSA) is 57.5 Å². The molecule has 5 heteroatoms. The quantitative estimate of drug-likeness (QED) is 0.797. The minimum atomic E-state index is -0.646. The van der Waals surface area contributed by atoms with Crippen molar-refractivity contribution in [1.82, 2.24) is 4.57 Å². The highest BCUT2D eigenvalue weighted by molar-refractivity contribution is 5.99. The molecule has 1 heterocycles. The van der Waals surface area contributed by atoms with E-state index in [0.29, 0.717) is 6.54 Å². The first-order chi connectivity index (χ1) is 10.5. The number of hydrogen-bond donors (Lipinski definition) is 0. The van der Waals surface area contributed by atoms with Crippen LogP contribution in [0.15, 0.2) is 29.1 Å². The van der Waals surface area contributed by atoms with E-state index < -0.39 is 5.97 Å².